The van der Waals surface area contributed by atoms with Crippen molar-refractivity contribution in [2.75, 3.05) is 0 Å². The Morgan fingerprint density at radius 1 is 1.36 bits per heavy atom. The topological polar surface area (TPSA) is 69.6 Å². The molecule has 0 fully saturated rings. The van der Waals surface area contributed by atoms with Gasteiger partial charge in [0.25, 0.3) is 0 Å². The van der Waals surface area contributed by atoms with Crippen LogP contribution in [0.1, 0.15) is 17.4 Å². The lowest BCUT2D eigenvalue weighted by Crippen LogP contribution is -2.24. The molecule has 1 unspecified atom stereocenters. The molecule has 1 atom stereocenters. The monoisotopic (exact) mass is 187 g/mol. The fraction of sp³-hybridized carbons (Fsp3) is 0.222. The van der Waals surface area contributed by atoms with E-state index in [4.69, 9.17) is 5.73 Å². The van der Waals surface area contributed by atoms with Crippen molar-refractivity contribution >= 4 is 0 Å². The van der Waals surface area contributed by atoms with E-state index in [1.807, 2.05) is 18.2 Å². The predicted octanol–water partition coefficient (Wildman–Crippen LogP) is 0.218. The lowest BCUT2D eigenvalue weighted by atomic mass is 10.0. The Hall–Kier alpha value is -1.75. The third kappa shape index (κ3) is 0.898. The summed E-state index contributed by atoms with van der Waals surface area (Å²) < 4.78 is 1.71. The Bertz CT molecular complexity index is 476. The average Bonchev–Trinajstić information content (AvgIpc) is 2.67. The van der Waals surface area contributed by atoms with E-state index in [1.54, 1.807) is 4.68 Å². The van der Waals surface area contributed by atoms with Gasteiger partial charge < -0.3 is 5.73 Å². The molecule has 0 saturated heterocycles. The number of fused-ring (bicyclic) bond motifs is 3. The second-order valence-electron chi connectivity index (χ2n) is 3.39. The molecule has 14 heavy (non-hydrogen) atoms. The summed E-state index contributed by atoms with van der Waals surface area (Å²) in [5, 5.41) is 11.5. The van der Waals surface area contributed by atoms with E-state index in [0.717, 1.165) is 17.9 Å². The summed E-state index contributed by atoms with van der Waals surface area (Å²) in [5.74, 6) is 0.740. The average molecular weight is 187 g/mol. The maximum atomic E-state index is 5.94. The number of hydrogen-bond donors (Lipinski definition) is 1. The van der Waals surface area contributed by atoms with Gasteiger partial charge in [0.1, 0.15) is 0 Å². The molecule has 2 heterocycles. The number of rotatable bonds is 0. The summed E-state index contributed by atoms with van der Waals surface area (Å²) in [6, 6.07) is 7.93. The maximum Gasteiger partial charge on any atom is 0.173 e. The first-order valence-corrected chi connectivity index (χ1v) is 4.48. The molecule has 0 saturated carbocycles. The van der Waals surface area contributed by atoms with Crippen molar-refractivity contribution in [3.05, 3.63) is 35.7 Å². The predicted molar refractivity (Wildman–Crippen MR) is 49.8 cm³/mol. The minimum absolute atomic E-state index is 0.0973. The van der Waals surface area contributed by atoms with Gasteiger partial charge in [-0.1, -0.05) is 18.2 Å². The summed E-state index contributed by atoms with van der Waals surface area (Å²) >= 11 is 0. The van der Waals surface area contributed by atoms with Gasteiger partial charge in [-0.15, -0.1) is 5.10 Å². The van der Waals surface area contributed by atoms with Gasteiger partial charge in [0, 0.05) is 0 Å². The van der Waals surface area contributed by atoms with Crippen LogP contribution in [0.4, 0.5) is 0 Å². The van der Waals surface area contributed by atoms with E-state index in [0.29, 0.717) is 0 Å². The van der Waals surface area contributed by atoms with E-state index >= 15 is 0 Å². The second-order valence-corrected chi connectivity index (χ2v) is 3.39. The quantitative estimate of drug-likeness (QED) is 0.640. The van der Waals surface area contributed by atoms with Crippen LogP contribution in [0.25, 0.3) is 5.69 Å². The molecule has 0 radical (unpaired) electrons. The molecule has 3 rings (SSSR count). The molecule has 2 N–H and O–H groups in total. The van der Waals surface area contributed by atoms with E-state index in [1.165, 1.54) is 5.56 Å². The van der Waals surface area contributed by atoms with Crippen molar-refractivity contribution in [1.29, 1.82) is 0 Å². The number of hydrogen-bond acceptors (Lipinski definition) is 4. The maximum absolute atomic E-state index is 5.94. The van der Waals surface area contributed by atoms with E-state index in [-0.39, 0.29) is 6.04 Å². The molecule has 5 heteroatoms. The zero-order valence-corrected chi connectivity index (χ0v) is 7.46. The van der Waals surface area contributed by atoms with Crippen LogP contribution in [-0.2, 0) is 6.42 Å². The van der Waals surface area contributed by atoms with Gasteiger partial charge in [0.15, 0.2) is 5.82 Å². The molecule has 0 spiro atoms. The molecule has 0 amide bonds. The summed E-state index contributed by atoms with van der Waals surface area (Å²) in [7, 11) is 0. The first kappa shape index (κ1) is 7.64. The highest BCUT2D eigenvalue weighted by Gasteiger charge is 2.24. The third-order valence-electron chi connectivity index (χ3n) is 2.48. The minimum Gasteiger partial charge on any atom is -0.321 e. The molecular formula is C9H9N5. The largest absolute Gasteiger partial charge is 0.321 e. The highest BCUT2D eigenvalue weighted by Crippen LogP contribution is 2.26. The summed E-state index contributed by atoms with van der Waals surface area (Å²) in [6.45, 7) is 0. The van der Waals surface area contributed by atoms with E-state index in [9.17, 15) is 0 Å². The number of aromatic nitrogens is 4. The van der Waals surface area contributed by atoms with Crippen LogP contribution in [0.3, 0.4) is 0 Å². The van der Waals surface area contributed by atoms with Crippen LogP contribution >= 0.6 is 0 Å². The molecule has 70 valence electrons. The number of benzene rings is 1. The lowest BCUT2D eigenvalue weighted by Gasteiger charge is -2.20. The van der Waals surface area contributed by atoms with Crippen molar-refractivity contribution in [2.45, 2.75) is 12.5 Å². The Morgan fingerprint density at radius 3 is 3.14 bits per heavy atom. The van der Waals surface area contributed by atoms with Crippen molar-refractivity contribution in [1.82, 2.24) is 20.2 Å². The van der Waals surface area contributed by atoms with Crippen molar-refractivity contribution in [3.8, 4) is 5.69 Å². The summed E-state index contributed by atoms with van der Waals surface area (Å²) in [4.78, 5) is 0. The molecule has 1 aromatic heterocycles. The molecule has 5 nitrogen and oxygen atoms in total. The SMILES string of the molecule is NC1Cc2ccccc2-n2nnnc21. The van der Waals surface area contributed by atoms with Crippen LogP contribution in [-0.4, -0.2) is 20.2 Å². The molecular weight excluding hydrogens is 178 g/mol. The number of nitrogens with two attached hydrogens (primary N) is 1. The first-order valence-electron chi connectivity index (χ1n) is 4.48. The minimum atomic E-state index is -0.0973. The van der Waals surface area contributed by atoms with Gasteiger partial charge >= 0.3 is 0 Å². The van der Waals surface area contributed by atoms with Crippen LogP contribution in [0.2, 0.25) is 0 Å². The van der Waals surface area contributed by atoms with E-state index in [2.05, 4.69) is 21.6 Å². The van der Waals surface area contributed by atoms with Gasteiger partial charge in [-0.3, -0.25) is 0 Å². The van der Waals surface area contributed by atoms with Gasteiger partial charge in [-0.05, 0) is 28.5 Å². The molecule has 1 aliphatic heterocycles. The van der Waals surface area contributed by atoms with Gasteiger partial charge in [0.2, 0.25) is 0 Å². The Balaban J connectivity index is 2.29. The standard InChI is InChI=1S/C9H9N5/c10-7-5-6-3-1-2-4-8(6)14-9(7)11-12-13-14/h1-4,7H,5,10H2. The molecule has 0 aliphatic carbocycles. The van der Waals surface area contributed by atoms with Gasteiger partial charge in [0.05, 0.1) is 11.7 Å². The molecule has 1 aromatic carbocycles. The van der Waals surface area contributed by atoms with Crippen molar-refractivity contribution < 1.29 is 0 Å². The number of para-hydroxylation sites is 1. The zero-order chi connectivity index (χ0) is 9.54. The van der Waals surface area contributed by atoms with Gasteiger partial charge in [-0.25, -0.2) is 0 Å². The molecule has 0 bridgehead atoms. The fourth-order valence-electron chi connectivity index (χ4n) is 1.82. The molecule has 1 aliphatic rings. The smallest absolute Gasteiger partial charge is 0.173 e. The Kier molecular flexibility index (Phi) is 1.43. The van der Waals surface area contributed by atoms with Crippen molar-refractivity contribution in [3.63, 3.8) is 0 Å². The Labute approximate surface area is 80.5 Å². The van der Waals surface area contributed by atoms with Gasteiger partial charge in [-0.2, -0.15) is 4.68 Å². The molecule has 2 aromatic rings. The highest BCUT2D eigenvalue weighted by molar-refractivity contribution is 5.44. The normalized spacial score (nSPS) is 18.8. The van der Waals surface area contributed by atoms with Crippen LogP contribution in [0.15, 0.2) is 24.3 Å². The van der Waals surface area contributed by atoms with Crippen LogP contribution in [0, 0.1) is 0 Å². The zero-order valence-electron chi connectivity index (χ0n) is 7.46. The summed E-state index contributed by atoms with van der Waals surface area (Å²) in [5.41, 5.74) is 8.17. The third-order valence-corrected chi connectivity index (χ3v) is 2.48. The van der Waals surface area contributed by atoms with Crippen molar-refractivity contribution in [2.24, 2.45) is 5.73 Å². The summed E-state index contributed by atoms with van der Waals surface area (Å²) in [6.07, 6.45) is 0.802. The number of tetrazole rings is 1. The highest BCUT2D eigenvalue weighted by atomic mass is 15.5. The van der Waals surface area contributed by atoms with E-state index < -0.39 is 0 Å². The van der Waals surface area contributed by atoms with Crippen LogP contribution in [0.5, 0.6) is 0 Å². The first-order chi connectivity index (χ1) is 6.86. The second kappa shape index (κ2) is 2.62. The Morgan fingerprint density at radius 2 is 2.21 bits per heavy atom. The number of nitrogens with zero attached hydrogens (tertiary/aromatic N) is 4. The van der Waals surface area contributed by atoms with Crippen LogP contribution < -0.4 is 5.73 Å². The lowest BCUT2D eigenvalue weighted by molar-refractivity contribution is 0.602. The fourth-order valence-corrected chi connectivity index (χ4v) is 1.82.